The van der Waals surface area contributed by atoms with Gasteiger partial charge in [0.05, 0.1) is 0 Å². The van der Waals surface area contributed by atoms with Gasteiger partial charge in [-0.15, -0.1) is 0 Å². The predicted octanol–water partition coefficient (Wildman–Crippen LogP) is 11.4. The van der Waals surface area contributed by atoms with Crippen LogP contribution < -0.4 is 9.31 Å². The Morgan fingerprint density at radius 1 is 0.277 bits per heavy atom. The second-order valence-electron chi connectivity index (χ2n) is 11.6. The third kappa shape index (κ3) is 5.76. The monoisotopic (exact) mass is 602 g/mol. The van der Waals surface area contributed by atoms with E-state index >= 15 is 0 Å². The molecule has 0 aliphatic rings. The highest BCUT2D eigenvalue weighted by Crippen LogP contribution is 2.38. The molecule has 222 valence electrons. The van der Waals surface area contributed by atoms with Crippen molar-refractivity contribution in [2.75, 3.05) is 0 Å². The van der Waals surface area contributed by atoms with Crippen molar-refractivity contribution in [2.24, 2.45) is 0 Å². The molecule has 47 heavy (non-hydrogen) atoms. The molecule has 0 atom stereocenters. The third-order valence-electron chi connectivity index (χ3n) is 8.76. The van der Waals surface area contributed by atoms with Crippen LogP contribution in [0.1, 0.15) is 0 Å². The Morgan fingerprint density at radius 2 is 0.596 bits per heavy atom. The maximum atomic E-state index is 6.14. The fraction of sp³-hybridized carbons (Fsp3) is 0. The lowest BCUT2D eigenvalue weighted by molar-refractivity contribution is 0.459. The number of rotatable bonds is 8. The molecule has 0 N–H and O–H groups in total. The van der Waals surface area contributed by atoms with E-state index in [0.717, 1.165) is 22.6 Å². The van der Waals surface area contributed by atoms with Crippen molar-refractivity contribution in [3.63, 3.8) is 0 Å². The average Bonchev–Trinajstić information content (AvgIpc) is 3.15. The number of hydrogen-bond donors (Lipinski definition) is 0. The molecule has 0 radical (unpaired) electrons. The maximum absolute atomic E-state index is 6.14. The van der Waals surface area contributed by atoms with Crippen molar-refractivity contribution in [3.8, 4) is 56.0 Å². The van der Waals surface area contributed by atoms with Gasteiger partial charge in [0.25, 0.3) is 0 Å². The van der Waals surface area contributed by atoms with Gasteiger partial charge in [0.2, 0.25) is 0 Å². The summed E-state index contributed by atoms with van der Waals surface area (Å²) in [6.45, 7) is 0. The molecule has 8 rings (SSSR count). The van der Waals surface area contributed by atoms with Gasteiger partial charge in [0, 0.05) is 0 Å². The molecule has 0 aliphatic carbocycles. The van der Waals surface area contributed by atoms with Crippen molar-refractivity contribution >= 4 is 29.2 Å². The van der Waals surface area contributed by atoms with E-state index in [9.17, 15) is 0 Å². The van der Waals surface area contributed by atoms with Crippen molar-refractivity contribution in [2.45, 2.75) is 0 Å². The third-order valence-corrected chi connectivity index (χ3v) is 8.76. The zero-order chi connectivity index (χ0) is 31.4. The molecule has 0 unspecified atom stereocenters. The molecular formula is C44H31BO2. The minimum Gasteiger partial charge on any atom is -0.529 e. The standard InChI is InChI=1S/C44H31BO2/c1-3-13-31(14-4-1)37-25-27-39(43-23-9-7-21-41(37)43)33-17-11-19-35(29-33)46-45-47-36-20-12-18-34(30-36)40-28-26-38(32-15-5-2-6-16-32)42-22-8-10-24-44(40)42/h1-30,45H. The van der Waals surface area contributed by atoms with Gasteiger partial charge in [-0.3, -0.25) is 0 Å². The maximum Gasteiger partial charge on any atom is 0.576 e. The predicted molar refractivity (Wildman–Crippen MR) is 198 cm³/mol. The molecule has 0 spiro atoms. The summed E-state index contributed by atoms with van der Waals surface area (Å²) in [6, 6.07) is 63.6. The zero-order valence-electron chi connectivity index (χ0n) is 25.8. The van der Waals surface area contributed by atoms with E-state index in [-0.39, 0.29) is 7.69 Å². The lowest BCUT2D eigenvalue weighted by atomic mass is 9.92. The Kier molecular flexibility index (Phi) is 7.71. The van der Waals surface area contributed by atoms with Gasteiger partial charge >= 0.3 is 7.69 Å². The Morgan fingerprint density at radius 3 is 0.979 bits per heavy atom. The minimum absolute atomic E-state index is 0.105. The van der Waals surface area contributed by atoms with Crippen LogP contribution in [0.3, 0.4) is 0 Å². The molecule has 0 amide bonds. The average molecular weight is 603 g/mol. The second kappa shape index (κ2) is 12.7. The van der Waals surface area contributed by atoms with Crippen molar-refractivity contribution in [3.05, 3.63) is 182 Å². The highest BCUT2D eigenvalue weighted by atomic mass is 16.6. The first-order valence-corrected chi connectivity index (χ1v) is 15.9. The van der Waals surface area contributed by atoms with Gasteiger partial charge in [-0.2, -0.15) is 0 Å². The molecule has 0 heterocycles. The van der Waals surface area contributed by atoms with Gasteiger partial charge in [-0.05, 0) is 90.3 Å². The number of hydrogen-bond acceptors (Lipinski definition) is 2. The normalized spacial score (nSPS) is 11.0. The highest BCUT2D eigenvalue weighted by Gasteiger charge is 2.12. The van der Waals surface area contributed by atoms with E-state index in [0.29, 0.717) is 0 Å². The quantitative estimate of drug-likeness (QED) is 0.161. The first kappa shape index (κ1) is 28.4. The fourth-order valence-electron chi connectivity index (χ4n) is 6.51. The van der Waals surface area contributed by atoms with Crippen LogP contribution in [0.4, 0.5) is 0 Å². The molecular weight excluding hydrogens is 571 g/mol. The van der Waals surface area contributed by atoms with Crippen LogP contribution in [-0.4, -0.2) is 7.69 Å². The van der Waals surface area contributed by atoms with Crippen LogP contribution in [0.15, 0.2) is 182 Å². The number of benzene rings is 8. The Balaban J connectivity index is 1.02. The molecule has 3 heteroatoms. The molecule has 8 aromatic rings. The van der Waals surface area contributed by atoms with Crippen LogP contribution in [0.5, 0.6) is 11.5 Å². The summed E-state index contributed by atoms with van der Waals surface area (Å²) in [6.07, 6.45) is 0. The Hall–Kier alpha value is -6.06. The summed E-state index contributed by atoms with van der Waals surface area (Å²) >= 11 is 0. The Bertz CT molecular complexity index is 2160. The van der Waals surface area contributed by atoms with Gasteiger partial charge in [0.1, 0.15) is 11.5 Å². The van der Waals surface area contributed by atoms with Crippen LogP contribution in [0.25, 0.3) is 66.1 Å². The highest BCUT2D eigenvalue weighted by molar-refractivity contribution is 6.21. The Labute approximate surface area is 275 Å². The van der Waals surface area contributed by atoms with Crippen LogP contribution in [-0.2, 0) is 0 Å². The fourth-order valence-corrected chi connectivity index (χ4v) is 6.51. The smallest absolute Gasteiger partial charge is 0.529 e. The minimum atomic E-state index is 0.105. The van der Waals surface area contributed by atoms with Crippen LogP contribution in [0, 0.1) is 0 Å². The summed E-state index contributed by atoms with van der Waals surface area (Å²) in [5.74, 6) is 1.52. The molecule has 0 bridgehead atoms. The SMILES string of the molecule is B(Oc1cccc(-c2ccc(-c3ccccc3)c3ccccc23)c1)Oc1cccc(-c2ccc(-c3ccccc3)c3ccccc23)c1. The van der Waals surface area contributed by atoms with Gasteiger partial charge in [-0.25, -0.2) is 0 Å². The van der Waals surface area contributed by atoms with E-state index in [1.807, 2.05) is 24.3 Å². The van der Waals surface area contributed by atoms with E-state index in [1.54, 1.807) is 0 Å². The lowest BCUT2D eigenvalue weighted by Crippen LogP contribution is -2.10. The molecule has 0 aliphatic heterocycles. The molecule has 0 fully saturated rings. The summed E-state index contributed by atoms with van der Waals surface area (Å²) in [4.78, 5) is 0. The topological polar surface area (TPSA) is 18.5 Å². The molecule has 8 aromatic carbocycles. The first-order chi connectivity index (χ1) is 23.3. The molecule has 0 saturated carbocycles. The van der Waals surface area contributed by atoms with Gasteiger partial charge in [-0.1, -0.05) is 158 Å². The summed E-state index contributed by atoms with van der Waals surface area (Å²) in [7, 11) is 0.105. The van der Waals surface area contributed by atoms with E-state index in [2.05, 4.69) is 158 Å². The molecule has 0 saturated heterocycles. The van der Waals surface area contributed by atoms with Crippen molar-refractivity contribution < 1.29 is 9.31 Å². The summed E-state index contributed by atoms with van der Waals surface area (Å²) < 4.78 is 12.3. The van der Waals surface area contributed by atoms with Crippen LogP contribution in [0.2, 0.25) is 0 Å². The van der Waals surface area contributed by atoms with Crippen molar-refractivity contribution in [1.29, 1.82) is 0 Å². The van der Waals surface area contributed by atoms with Gasteiger partial charge < -0.3 is 9.31 Å². The van der Waals surface area contributed by atoms with E-state index in [4.69, 9.17) is 9.31 Å². The van der Waals surface area contributed by atoms with E-state index < -0.39 is 0 Å². The summed E-state index contributed by atoms with van der Waals surface area (Å²) in [5, 5.41) is 4.88. The summed E-state index contributed by atoms with van der Waals surface area (Å²) in [5.41, 5.74) is 9.44. The van der Waals surface area contributed by atoms with Crippen LogP contribution >= 0.6 is 0 Å². The van der Waals surface area contributed by atoms with E-state index in [1.165, 1.54) is 54.9 Å². The zero-order valence-corrected chi connectivity index (χ0v) is 25.8. The van der Waals surface area contributed by atoms with Crippen molar-refractivity contribution in [1.82, 2.24) is 0 Å². The number of fused-ring (bicyclic) bond motifs is 2. The largest absolute Gasteiger partial charge is 0.576 e. The first-order valence-electron chi connectivity index (χ1n) is 15.9. The van der Waals surface area contributed by atoms with Gasteiger partial charge in [0.15, 0.2) is 0 Å². The lowest BCUT2D eigenvalue weighted by Gasteiger charge is -2.14. The molecule has 2 nitrogen and oxygen atoms in total. The molecule has 0 aromatic heterocycles. The second-order valence-corrected chi connectivity index (χ2v) is 11.6.